The van der Waals surface area contributed by atoms with E-state index >= 15 is 0 Å². The molecule has 1 aromatic carbocycles. The molecule has 130 valence electrons. The van der Waals surface area contributed by atoms with Crippen molar-refractivity contribution in [2.75, 3.05) is 13.2 Å². The van der Waals surface area contributed by atoms with E-state index in [-0.39, 0.29) is 5.88 Å². The Morgan fingerprint density at radius 1 is 0.958 bits per heavy atom. The molecule has 24 heavy (non-hydrogen) atoms. The highest BCUT2D eigenvalue weighted by molar-refractivity contribution is 8.07. The fraction of sp³-hybridized carbons (Fsp3) is 0.375. The van der Waals surface area contributed by atoms with Crippen LogP contribution in [0.1, 0.15) is 25.0 Å². The van der Waals surface area contributed by atoms with Crippen molar-refractivity contribution in [1.29, 1.82) is 0 Å². The van der Waals surface area contributed by atoms with Crippen molar-refractivity contribution in [2.24, 2.45) is 0 Å². The van der Waals surface area contributed by atoms with Crippen molar-refractivity contribution in [2.45, 2.75) is 27.7 Å². The van der Waals surface area contributed by atoms with Gasteiger partial charge in [0.2, 0.25) is 11.8 Å². The average molecular weight is 368 g/mol. The van der Waals surface area contributed by atoms with Crippen LogP contribution in [0.15, 0.2) is 30.3 Å². The molecule has 2 rings (SSSR count). The maximum atomic E-state index is 5.76. The first kappa shape index (κ1) is 18.8. The summed E-state index contributed by atoms with van der Waals surface area (Å²) >= 11 is 5.30. The molecule has 0 spiro atoms. The molecule has 0 saturated heterocycles. The van der Waals surface area contributed by atoms with E-state index < -0.39 is 6.72 Å². The number of hydrogen-bond acceptors (Lipinski definition) is 7. The molecule has 0 saturated carbocycles. The first-order valence-corrected chi connectivity index (χ1v) is 10.2. The Balaban J connectivity index is 2.10. The van der Waals surface area contributed by atoms with Gasteiger partial charge in [-0.2, -0.15) is 0 Å². The molecule has 0 aliphatic heterocycles. The van der Waals surface area contributed by atoms with Gasteiger partial charge in [-0.1, -0.05) is 12.1 Å². The summed E-state index contributed by atoms with van der Waals surface area (Å²) in [6.07, 6.45) is 0. The second kappa shape index (κ2) is 8.53. The molecular weight excluding hydrogens is 347 g/mol. The van der Waals surface area contributed by atoms with Gasteiger partial charge in [-0.3, -0.25) is 9.05 Å². The molecule has 0 aliphatic carbocycles. The van der Waals surface area contributed by atoms with Gasteiger partial charge >= 0.3 is 6.72 Å². The summed E-state index contributed by atoms with van der Waals surface area (Å²) in [5.41, 5.74) is 2.21. The average Bonchev–Trinajstić information content (AvgIpc) is 2.54. The zero-order chi connectivity index (χ0) is 17.6. The molecule has 0 bridgehead atoms. The minimum absolute atomic E-state index is 0.244. The quantitative estimate of drug-likeness (QED) is 0.633. The van der Waals surface area contributed by atoms with Crippen molar-refractivity contribution in [3.05, 3.63) is 41.5 Å². The Bertz CT molecular complexity index is 715. The lowest BCUT2D eigenvalue weighted by atomic mass is 10.1. The molecule has 2 aromatic rings. The van der Waals surface area contributed by atoms with Crippen molar-refractivity contribution in [3.8, 4) is 17.5 Å². The number of ether oxygens (including phenoxy) is 1. The third-order valence-corrected chi connectivity index (χ3v) is 5.58. The molecule has 0 amide bonds. The molecule has 1 aromatic heterocycles. The fourth-order valence-electron chi connectivity index (χ4n) is 1.88. The lowest BCUT2D eigenvalue weighted by Crippen LogP contribution is -2.03. The monoisotopic (exact) mass is 368 g/mol. The van der Waals surface area contributed by atoms with Gasteiger partial charge in [0.05, 0.1) is 13.2 Å². The SMILES string of the molecule is CCOP(=S)(OCC)Oc1ccc(Oc2cccc(C)c2C)nn1. The van der Waals surface area contributed by atoms with Crippen LogP contribution in [-0.4, -0.2) is 23.4 Å². The van der Waals surface area contributed by atoms with Gasteiger partial charge in [0.15, 0.2) is 0 Å². The van der Waals surface area contributed by atoms with E-state index in [1.54, 1.807) is 12.1 Å². The Hall–Kier alpha value is -1.53. The van der Waals surface area contributed by atoms with Gasteiger partial charge < -0.3 is 9.26 Å². The lowest BCUT2D eigenvalue weighted by molar-refractivity contribution is 0.215. The van der Waals surface area contributed by atoms with E-state index in [0.29, 0.717) is 19.1 Å². The third kappa shape index (κ3) is 4.98. The maximum Gasteiger partial charge on any atom is 0.381 e. The summed E-state index contributed by atoms with van der Waals surface area (Å²) in [4.78, 5) is 0. The summed E-state index contributed by atoms with van der Waals surface area (Å²) in [7, 11) is 0. The second-order valence-electron chi connectivity index (χ2n) is 4.88. The Morgan fingerprint density at radius 2 is 1.58 bits per heavy atom. The van der Waals surface area contributed by atoms with Crippen LogP contribution in [0, 0.1) is 13.8 Å². The minimum atomic E-state index is -2.85. The zero-order valence-corrected chi connectivity index (χ0v) is 15.9. The number of aromatic nitrogens is 2. The second-order valence-corrected chi connectivity index (χ2v) is 7.82. The number of aryl methyl sites for hydroxylation is 1. The highest BCUT2D eigenvalue weighted by Gasteiger charge is 2.22. The highest BCUT2D eigenvalue weighted by atomic mass is 32.5. The van der Waals surface area contributed by atoms with Crippen LogP contribution in [0.3, 0.4) is 0 Å². The first-order valence-electron chi connectivity index (χ1n) is 7.64. The van der Waals surface area contributed by atoms with Gasteiger partial charge in [0.25, 0.3) is 0 Å². The Labute approximate surface area is 147 Å². The lowest BCUT2D eigenvalue weighted by Gasteiger charge is -2.20. The third-order valence-electron chi connectivity index (χ3n) is 3.16. The zero-order valence-electron chi connectivity index (χ0n) is 14.2. The first-order chi connectivity index (χ1) is 11.5. The minimum Gasteiger partial charge on any atom is -0.437 e. The van der Waals surface area contributed by atoms with Crippen LogP contribution in [0.2, 0.25) is 0 Å². The van der Waals surface area contributed by atoms with Crippen LogP contribution < -0.4 is 9.26 Å². The van der Waals surface area contributed by atoms with Crippen LogP contribution in [0.25, 0.3) is 0 Å². The summed E-state index contributed by atoms with van der Waals surface area (Å²) < 4.78 is 22.2. The van der Waals surface area contributed by atoms with E-state index in [1.807, 2.05) is 45.9 Å². The summed E-state index contributed by atoms with van der Waals surface area (Å²) in [5, 5.41) is 7.99. The van der Waals surface area contributed by atoms with Crippen molar-refractivity contribution in [1.82, 2.24) is 10.2 Å². The van der Waals surface area contributed by atoms with E-state index in [0.717, 1.165) is 16.9 Å². The van der Waals surface area contributed by atoms with E-state index in [1.165, 1.54) is 0 Å². The molecule has 0 aliphatic rings. The fourth-order valence-corrected chi connectivity index (χ4v) is 3.88. The van der Waals surface area contributed by atoms with E-state index in [2.05, 4.69) is 10.2 Å². The number of hydrogen-bond donors (Lipinski definition) is 0. The topological polar surface area (TPSA) is 62.7 Å². The summed E-state index contributed by atoms with van der Waals surface area (Å²) in [6.45, 7) is 5.64. The standard InChI is InChI=1S/C16H21N2O4PS/c1-5-19-23(24,20-6-2)22-16-11-10-15(17-18-16)21-14-9-7-8-12(3)13(14)4/h7-11H,5-6H2,1-4H3. The molecule has 6 nitrogen and oxygen atoms in total. The number of nitrogens with zero attached hydrogens (tertiary/aromatic N) is 2. The van der Waals surface area contributed by atoms with Crippen LogP contribution in [0.5, 0.6) is 17.5 Å². The number of rotatable bonds is 8. The molecule has 1 heterocycles. The van der Waals surface area contributed by atoms with Gasteiger partial charge in [-0.05, 0) is 44.9 Å². The molecule has 0 fully saturated rings. The van der Waals surface area contributed by atoms with Gasteiger partial charge in [0, 0.05) is 23.9 Å². The maximum absolute atomic E-state index is 5.76. The molecule has 8 heteroatoms. The van der Waals surface area contributed by atoms with Crippen LogP contribution in [0.4, 0.5) is 0 Å². The predicted octanol–water partition coefficient (Wildman–Crippen LogP) is 4.56. The Morgan fingerprint density at radius 3 is 2.17 bits per heavy atom. The molecule has 0 N–H and O–H groups in total. The van der Waals surface area contributed by atoms with Crippen LogP contribution >= 0.6 is 6.72 Å². The Kier molecular flexibility index (Phi) is 6.69. The molecule has 0 atom stereocenters. The van der Waals surface area contributed by atoms with Crippen LogP contribution in [-0.2, 0) is 20.9 Å². The summed E-state index contributed by atoms with van der Waals surface area (Å²) in [5.74, 6) is 1.36. The molecule has 0 radical (unpaired) electrons. The van der Waals surface area contributed by atoms with Gasteiger partial charge in [-0.25, -0.2) is 0 Å². The van der Waals surface area contributed by atoms with Crippen molar-refractivity contribution in [3.63, 3.8) is 0 Å². The molecular formula is C16H21N2O4PS. The van der Waals surface area contributed by atoms with Crippen molar-refractivity contribution < 1.29 is 18.3 Å². The van der Waals surface area contributed by atoms with Gasteiger partial charge in [-0.15, -0.1) is 10.2 Å². The van der Waals surface area contributed by atoms with Gasteiger partial charge in [0.1, 0.15) is 5.75 Å². The smallest absolute Gasteiger partial charge is 0.381 e. The van der Waals surface area contributed by atoms with Crippen molar-refractivity contribution >= 4 is 18.5 Å². The number of benzene rings is 1. The molecule has 0 unspecified atom stereocenters. The highest BCUT2D eigenvalue weighted by Crippen LogP contribution is 2.49. The predicted molar refractivity (Wildman–Crippen MR) is 96.2 cm³/mol. The summed E-state index contributed by atoms with van der Waals surface area (Å²) in [6, 6.07) is 9.15. The van der Waals surface area contributed by atoms with E-state index in [4.69, 9.17) is 30.1 Å². The normalized spacial score (nSPS) is 11.3. The van der Waals surface area contributed by atoms with E-state index in [9.17, 15) is 0 Å². The largest absolute Gasteiger partial charge is 0.437 e.